The van der Waals surface area contributed by atoms with Crippen LogP contribution in [0.5, 0.6) is 0 Å². The number of nitriles is 1. The van der Waals surface area contributed by atoms with E-state index in [-0.39, 0.29) is 0 Å². The molecule has 6 heteroatoms. The number of rotatable bonds is 6. The third-order valence-corrected chi connectivity index (χ3v) is 6.41. The summed E-state index contributed by atoms with van der Waals surface area (Å²) >= 11 is 3.55. The first kappa shape index (κ1) is 18.9. The standard InChI is InChI=1S/C22H24BrN5/c1-2-3-16(17-4-5-18(12-24)20(23)11-17)10-15-7-9-28(13-15)22-19-6-8-25-21(19)26-14-27-22/h4-6,8,11,14-16H,2-3,7,9-10,13H2,1H3,(H,25,26,27)/t15-,16?/m0/s1. The number of H-pyrrole nitrogens is 1. The Hall–Kier alpha value is -2.39. The molecule has 2 atom stereocenters. The van der Waals surface area contributed by atoms with Gasteiger partial charge in [-0.25, -0.2) is 9.97 Å². The van der Waals surface area contributed by atoms with Crippen molar-refractivity contribution in [3.63, 3.8) is 0 Å². The first-order valence-corrected chi connectivity index (χ1v) is 10.7. The molecule has 3 aromatic rings. The number of aromatic nitrogens is 3. The molecule has 1 fully saturated rings. The van der Waals surface area contributed by atoms with Crippen molar-refractivity contribution < 1.29 is 0 Å². The van der Waals surface area contributed by atoms with Crippen LogP contribution in [0, 0.1) is 17.2 Å². The van der Waals surface area contributed by atoms with Gasteiger partial charge in [0.05, 0.1) is 10.9 Å². The molecule has 0 spiro atoms. The van der Waals surface area contributed by atoms with Crippen LogP contribution >= 0.6 is 15.9 Å². The van der Waals surface area contributed by atoms with Gasteiger partial charge in [-0.15, -0.1) is 0 Å². The van der Waals surface area contributed by atoms with Crippen molar-refractivity contribution in [2.45, 2.75) is 38.5 Å². The van der Waals surface area contributed by atoms with Crippen LogP contribution in [0.25, 0.3) is 11.0 Å². The number of hydrogen-bond acceptors (Lipinski definition) is 4. The van der Waals surface area contributed by atoms with E-state index in [9.17, 15) is 5.26 Å². The monoisotopic (exact) mass is 437 g/mol. The molecular weight excluding hydrogens is 414 g/mol. The lowest BCUT2D eigenvalue weighted by Crippen LogP contribution is -2.21. The van der Waals surface area contributed by atoms with Gasteiger partial charge in [0.15, 0.2) is 0 Å². The molecule has 28 heavy (non-hydrogen) atoms. The highest BCUT2D eigenvalue weighted by Crippen LogP contribution is 2.36. The number of benzene rings is 1. The number of anilines is 1. The second kappa shape index (κ2) is 8.32. The lowest BCUT2D eigenvalue weighted by atomic mass is 9.85. The number of hydrogen-bond donors (Lipinski definition) is 1. The number of fused-ring (bicyclic) bond motifs is 1. The van der Waals surface area contributed by atoms with E-state index in [0.29, 0.717) is 17.4 Å². The molecular formula is C22H24BrN5. The van der Waals surface area contributed by atoms with Crippen LogP contribution in [-0.2, 0) is 0 Å². The molecule has 0 bridgehead atoms. The Kier molecular flexibility index (Phi) is 5.63. The Morgan fingerprint density at radius 3 is 3.04 bits per heavy atom. The van der Waals surface area contributed by atoms with Crippen LogP contribution in [0.3, 0.4) is 0 Å². The van der Waals surface area contributed by atoms with Gasteiger partial charge in [-0.1, -0.05) is 19.4 Å². The van der Waals surface area contributed by atoms with E-state index in [1.807, 2.05) is 12.3 Å². The van der Waals surface area contributed by atoms with Crippen molar-refractivity contribution in [3.05, 3.63) is 52.4 Å². The molecule has 0 amide bonds. The quantitative estimate of drug-likeness (QED) is 0.560. The summed E-state index contributed by atoms with van der Waals surface area (Å²) < 4.78 is 0.900. The molecule has 0 aliphatic carbocycles. The van der Waals surface area contributed by atoms with E-state index in [1.165, 1.54) is 24.8 Å². The Morgan fingerprint density at radius 1 is 1.36 bits per heavy atom. The van der Waals surface area contributed by atoms with Gasteiger partial charge in [0.2, 0.25) is 0 Å². The highest BCUT2D eigenvalue weighted by atomic mass is 79.9. The molecule has 144 valence electrons. The summed E-state index contributed by atoms with van der Waals surface area (Å²) in [7, 11) is 0. The third-order valence-electron chi connectivity index (χ3n) is 5.76. The van der Waals surface area contributed by atoms with Crippen molar-refractivity contribution in [2.24, 2.45) is 5.92 Å². The molecule has 5 nitrogen and oxygen atoms in total. The fourth-order valence-electron chi connectivity index (χ4n) is 4.38. The summed E-state index contributed by atoms with van der Waals surface area (Å²) in [6.07, 6.45) is 8.27. The van der Waals surface area contributed by atoms with E-state index < -0.39 is 0 Å². The van der Waals surface area contributed by atoms with Gasteiger partial charge in [-0.05, 0) is 70.8 Å². The highest BCUT2D eigenvalue weighted by molar-refractivity contribution is 9.10. The van der Waals surface area contributed by atoms with E-state index in [4.69, 9.17) is 0 Å². The first-order valence-electron chi connectivity index (χ1n) is 9.92. The third kappa shape index (κ3) is 3.77. The maximum Gasteiger partial charge on any atom is 0.142 e. The van der Waals surface area contributed by atoms with Crippen molar-refractivity contribution in [1.82, 2.24) is 15.0 Å². The first-order chi connectivity index (χ1) is 13.7. The van der Waals surface area contributed by atoms with E-state index in [2.05, 4.69) is 67.0 Å². The molecule has 1 aromatic carbocycles. The average Bonchev–Trinajstić information content (AvgIpc) is 3.36. The summed E-state index contributed by atoms with van der Waals surface area (Å²) in [5.41, 5.74) is 2.94. The number of nitrogens with one attached hydrogen (secondary N) is 1. The van der Waals surface area contributed by atoms with Crippen LogP contribution in [0.4, 0.5) is 5.82 Å². The van der Waals surface area contributed by atoms with Crippen LogP contribution in [0.1, 0.15) is 49.7 Å². The smallest absolute Gasteiger partial charge is 0.142 e. The minimum atomic E-state index is 0.525. The number of aromatic amines is 1. The molecule has 1 unspecified atom stereocenters. The molecule has 1 aliphatic heterocycles. The van der Waals surface area contributed by atoms with Gasteiger partial charge in [0, 0.05) is 23.8 Å². The van der Waals surface area contributed by atoms with E-state index >= 15 is 0 Å². The summed E-state index contributed by atoms with van der Waals surface area (Å²) in [5.74, 6) is 2.22. The predicted octanol–water partition coefficient (Wildman–Crippen LogP) is 5.39. The molecule has 1 saturated heterocycles. The molecule has 1 aliphatic rings. The molecule has 2 aromatic heterocycles. The van der Waals surface area contributed by atoms with E-state index in [0.717, 1.165) is 40.8 Å². The van der Waals surface area contributed by atoms with Crippen LogP contribution in [0.15, 0.2) is 41.3 Å². The van der Waals surface area contributed by atoms with Crippen molar-refractivity contribution in [1.29, 1.82) is 5.26 Å². The highest BCUT2D eigenvalue weighted by Gasteiger charge is 2.28. The zero-order valence-electron chi connectivity index (χ0n) is 16.0. The molecule has 0 saturated carbocycles. The maximum atomic E-state index is 9.18. The fraction of sp³-hybridized carbons (Fsp3) is 0.409. The number of halogens is 1. The van der Waals surface area contributed by atoms with Crippen molar-refractivity contribution in [3.8, 4) is 6.07 Å². The van der Waals surface area contributed by atoms with E-state index in [1.54, 1.807) is 6.33 Å². The summed E-state index contributed by atoms with van der Waals surface area (Å²) in [4.78, 5) is 14.4. The normalized spacial score (nSPS) is 17.8. The Balaban J connectivity index is 1.49. The van der Waals surface area contributed by atoms with Gasteiger partial charge in [0.25, 0.3) is 0 Å². The zero-order chi connectivity index (χ0) is 19.5. The minimum Gasteiger partial charge on any atom is -0.356 e. The van der Waals surface area contributed by atoms with Gasteiger partial charge in [-0.3, -0.25) is 0 Å². The zero-order valence-corrected chi connectivity index (χ0v) is 17.6. The number of nitrogens with zero attached hydrogens (tertiary/aromatic N) is 4. The van der Waals surface area contributed by atoms with Crippen LogP contribution in [0.2, 0.25) is 0 Å². The van der Waals surface area contributed by atoms with Gasteiger partial charge in [-0.2, -0.15) is 5.26 Å². The SMILES string of the molecule is CCCC(C[C@@H]1CCN(c2ncnc3[nH]ccc23)C1)c1ccc(C#N)c(Br)c1. The summed E-state index contributed by atoms with van der Waals surface area (Å²) in [5, 5.41) is 10.3. The molecule has 3 heterocycles. The largest absolute Gasteiger partial charge is 0.356 e. The van der Waals surface area contributed by atoms with Crippen LogP contribution < -0.4 is 4.90 Å². The summed E-state index contributed by atoms with van der Waals surface area (Å²) in [6.45, 7) is 4.32. The molecule has 0 radical (unpaired) electrons. The Bertz CT molecular complexity index is 1010. The fourth-order valence-corrected chi connectivity index (χ4v) is 4.86. The Labute approximate surface area is 173 Å². The van der Waals surface area contributed by atoms with Crippen LogP contribution in [-0.4, -0.2) is 28.0 Å². The topological polar surface area (TPSA) is 68.6 Å². The van der Waals surface area contributed by atoms with Gasteiger partial charge >= 0.3 is 0 Å². The summed E-state index contributed by atoms with van der Waals surface area (Å²) in [6, 6.07) is 10.5. The second-order valence-corrected chi connectivity index (χ2v) is 8.46. The van der Waals surface area contributed by atoms with Gasteiger partial charge < -0.3 is 9.88 Å². The predicted molar refractivity (Wildman–Crippen MR) is 115 cm³/mol. The molecule has 4 rings (SSSR count). The molecule has 1 N–H and O–H groups in total. The lowest BCUT2D eigenvalue weighted by molar-refractivity contribution is 0.447. The minimum absolute atomic E-state index is 0.525. The van der Waals surface area contributed by atoms with Crippen molar-refractivity contribution >= 4 is 32.8 Å². The van der Waals surface area contributed by atoms with Gasteiger partial charge in [0.1, 0.15) is 23.9 Å². The lowest BCUT2D eigenvalue weighted by Gasteiger charge is -2.22. The second-order valence-electron chi connectivity index (χ2n) is 7.61. The average molecular weight is 438 g/mol. The maximum absolute atomic E-state index is 9.18. The Morgan fingerprint density at radius 2 is 2.25 bits per heavy atom. The van der Waals surface area contributed by atoms with Crippen molar-refractivity contribution in [2.75, 3.05) is 18.0 Å².